The number of rotatable bonds is 9. The van der Waals surface area contributed by atoms with E-state index in [4.69, 9.17) is 19.2 Å². The number of nitrogens with one attached hydrogen (secondary N) is 2. The van der Waals surface area contributed by atoms with E-state index in [-0.39, 0.29) is 30.0 Å². The van der Waals surface area contributed by atoms with Crippen LogP contribution in [0.4, 0.5) is 0 Å². The van der Waals surface area contributed by atoms with E-state index in [9.17, 15) is 0 Å². The SMILES string of the molecule is CCNC(=NCc1ccsc1)NCC(c1ccc(OC)c(OC)c1)N1CCOCC1.I. The molecule has 1 saturated heterocycles. The van der Waals surface area contributed by atoms with Gasteiger partial charge in [-0.25, -0.2) is 4.99 Å². The maximum Gasteiger partial charge on any atom is 0.191 e. The largest absolute Gasteiger partial charge is 0.493 e. The van der Waals surface area contributed by atoms with Gasteiger partial charge in [0.05, 0.1) is 40.0 Å². The van der Waals surface area contributed by atoms with E-state index >= 15 is 0 Å². The van der Waals surface area contributed by atoms with E-state index in [0.717, 1.165) is 56.9 Å². The molecule has 2 heterocycles. The first-order valence-electron chi connectivity index (χ1n) is 10.3. The third-order valence-electron chi connectivity index (χ3n) is 5.09. The fourth-order valence-electron chi connectivity index (χ4n) is 3.50. The van der Waals surface area contributed by atoms with Crippen molar-refractivity contribution >= 4 is 41.3 Å². The maximum absolute atomic E-state index is 5.57. The number of hydrogen-bond acceptors (Lipinski definition) is 6. The van der Waals surface area contributed by atoms with Crippen LogP contribution in [0.1, 0.15) is 24.1 Å². The Labute approximate surface area is 206 Å². The predicted molar refractivity (Wildman–Crippen MR) is 137 cm³/mol. The van der Waals surface area contributed by atoms with Gasteiger partial charge in [-0.05, 0) is 47.0 Å². The third-order valence-corrected chi connectivity index (χ3v) is 5.82. The van der Waals surface area contributed by atoms with Crippen molar-refractivity contribution in [1.29, 1.82) is 0 Å². The first-order valence-corrected chi connectivity index (χ1v) is 11.3. The first kappa shape index (κ1) is 25.7. The highest BCUT2D eigenvalue weighted by molar-refractivity contribution is 14.0. The number of guanidine groups is 1. The monoisotopic (exact) mass is 560 g/mol. The molecular formula is C22H33IN4O3S. The van der Waals surface area contributed by atoms with Crippen molar-refractivity contribution in [3.8, 4) is 11.5 Å². The van der Waals surface area contributed by atoms with Gasteiger partial charge in [0.15, 0.2) is 17.5 Å². The molecule has 1 aliphatic heterocycles. The summed E-state index contributed by atoms with van der Waals surface area (Å²) in [6, 6.07) is 8.42. The highest BCUT2D eigenvalue weighted by Gasteiger charge is 2.24. The smallest absolute Gasteiger partial charge is 0.191 e. The molecule has 1 atom stereocenters. The molecule has 0 amide bonds. The van der Waals surface area contributed by atoms with Gasteiger partial charge in [0.25, 0.3) is 0 Å². The molecule has 0 spiro atoms. The van der Waals surface area contributed by atoms with Gasteiger partial charge < -0.3 is 24.8 Å². The Bertz CT molecular complexity index is 798. The Balaban J connectivity index is 0.00000341. The van der Waals surface area contributed by atoms with Crippen molar-refractivity contribution in [2.24, 2.45) is 4.99 Å². The van der Waals surface area contributed by atoms with Crippen molar-refractivity contribution < 1.29 is 14.2 Å². The lowest BCUT2D eigenvalue weighted by Gasteiger charge is -2.35. The molecule has 0 saturated carbocycles. The number of hydrogen-bond donors (Lipinski definition) is 2. The molecule has 7 nitrogen and oxygen atoms in total. The van der Waals surface area contributed by atoms with Crippen molar-refractivity contribution in [3.05, 3.63) is 46.2 Å². The Morgan fingerprint density at radius 2 is 1.94 bits per heavy atom. The number of aliphatic imine (C=N–C) groups is 1. The van der Waals surface area contributed by atoms with Crippen LogP contribution >= 0.6 is 35.3 Å². The molecule has 0 radical (unpaired) electrons. The highest BCUT2D eigenvalue weighted by Crippen LogP contribution is 2.32. The summed E-state index contributed by atoms with van der Waals surface area (Å²) >= 11 is 1.69. The molecule has 2 aromatic rings. The lowest BCUT2D eigenvalue weighted by atomic mass is 10.0. The van der Waals surface area contributed by atoms with Crippen LogP contribution in [-0.4, -0.2) is 64.5 Å². The number of thiophene rings is 1. The molecule has 0 aliphatic carbocycles. The molecule has 31 heavy (non-hydrogen) atoms. The minimum Gasteiger partial charge on any atom is -0.493 e. The summed E-state index contributed by atoms with van der Waals surface area (Å²) in [4.78, 5) is 7.19. The van der Waals surface area contributed by atoms with Crippen molar-refractivity contribution in [3.63, 3.8) is 0 Å². The van der Waals surface area contributed by atoms with E-state index in [0.29, 0.717) is 6.54 Å². The Hall–Kier alpha value is -1.56. The second-order valence-corrected chi connectivity index (χ2v) is 7.77. The molecule has 3 rings (SSSR count). The number of benzene rings is 1. The van der Waals surface area contributed by atoms with Gasteiger partial charge in [-0.3, -0.25) is 4.90 Å². The van der Waals surface area contributed by atoms with E-state index in [1.54, 1.807) is 25.6 Å². The molecule has 1 fully saturated rings. The van der Waals surface area contributed by atoms with Gasteiger partial charge in [0.2, 0.25) is 0 Å². The van der Waals surface area contributed by atoms with Crippen LogP contribution in [0.25, 0.3) is 0 Å². The summed E-state index contributed by atoms with van der Waals surface area (Å²) in [6.07, 6.45) is 0. The molecule has 1 aromatic heterocycles. The van der Waals surface area contributed by atoms with Crippen molar-refractivity contribution in [2.75, 3.05) is 53.6 Å². The van der Waals surface area contributed by atoms with Crippen LogP contribution in [0.2, 0.25) is 0 Å². The summed E-state index contributed by atoms with van der Waals surface area (Å²) in [5.41, 5.74) is 2.40. The van der Waals surface area contributed by atoms with E-state index in [1.165, 1.54) is 11.1 Å². The number of nitrogens with zero attached hydrogens (tertiary/aromatic N) is 2. The second kappa shape index (κ2) is 13.8. The Kier molecular flexibility index (Phi) is 11.4. The van der Waals surface area contributed by atoms with Crippen molar-refractivity contribution in [2.45, 2.75) is 19.5 Å². The van der Waals surface area contributed by atoms with Crippen LogP contribution in [0.15, 0.2) is 40.0 Å². The maximum atomic E-state index is 5.57. The van der Waals surface area contributed by atoms with Gasteiger partial charge in [0.1, 0.15) is 0 Å². The minimum atomic E-state index is 0. The molecule has 1 unspecified atom stereocenters. The minimum absolute atomic E-state index is 0. The van der Waals surface area contributed by atoms with Crippen LogP contribution in [0.3, 0.4) is 0 Å². The number of halogens is 1. The molecule has 1 aromatic carbocycles. The zero-order chi connectivity index (χ0) is 21.2. The van der Waals surface area contributed by atoms with Gasteiger partial charge in [-0.1, -0.05) is 6.07 Å². The Morgan fingerprint density at radius 3 is 2.58 bits per heavy atom. The molecule has 0 bridgehead atoms. The second-order valence-electron chi connectivity index (χ2n) is 6.99. The van der Waals surface area contributed by atoms with E-state index in [2.05, 4.69) is 51.4 Å². The molecule has 9 heteroatoms. The summed E-state index contributed by atoms with van der Waals surface area (Å²) in [7, 11) is 3.33. The lowest BCUT2D eigenvalue weighted by molar-refractivity contribution is 0.0169. The van der Waals surface area contributed by atoms with Gasteiger partial charge in [-0.15, -0.1) is 24.0 Å². The average Bonchev–Trinajstić information content (AvgIpc) is 3.31. The third kappa shape index (κ3) is 7.51. The summed E-state index contributed by atoms with van der Waals surface area (Å²) in [5, 5.41) is 11.1. The zero-order valence-electron chi connectivity index (χ0n) is 18.4. The molecular weight excluding hydrogens is 527 g/mol. The fourth-order valence-corrected chi connectivity index (χ4v) is 4.15. The highest BCUT2D eigenvalue weighted by atomic mass is 127. The summed E-state index contributed by atoms with van der Waals surface area (Å²) in [5.74, 6) is 2.30. The Morgan fingerprint density at radius 1 is 1.16 bits per heavy atom. The van der Waals surface area contributed by atoms with Gasteiger partial charge >= 0.3 is 0 Å². The topological polar surface area (TPSA) is 67.4 Å². The first-order chi connectivity index (χ1) is 14.7. The van der Waals surface area contributed by atoms with E-state index in [1.807, 2.05) is 6.07 Å². The van der Waals surface area contributed by atoms with Gasteiger partial charge in [0, 0.05) is 26.2 Å². The fraction of sp³-hybridized carbons (Fsp3) is 0.500. The van der Waals surface area contributed by atoms with Crippen LogP contribution in [0, 0.1) is 0 Å². The van der Waals surface area contributed by atoms with Crippen LogP contribution in [-0.2, 0) is 11.3 Å². The van der Waals surface area contributed by atoms with Gasteiger partial charge in [-0.2, -0.15) is 11.3 Å². The molecule has 1 aliphatic rings. The summed E-state index contributed by atoms with van der Waals surface area (Å²) in [6.45, 7) is 7.56. The van der Waals surface area contributed by atoms with Crippen molar-refractivity contribution in [1.82, 2.24) is 15.5 Å². The zero-order valence-corrected chi connectivity index (χ0v) is 21.6. The lowest BCUT2D eigenvalue weighted by Crippen LogP contribution is -2.46. The number of morpholine rings is 1. The number of methoxy groups -OCH3 is 2. The molecule has 172 valence electrons. The quantitative estimate of drug-likeness (QED) is 0.278. The standard InChI is InChI=1S/C22H32N4O3S.HI/c1-4-23-22(24-14-17-7-12-30-16-17)25-15-19(26-8-10-29-11-9-26)18-5-6-20(27-2)21(13-18)28-3;/h5-7,12-13,16,19H,4,8-11,14-15H2,1-3H3,(H2,23,24,25);1H. The average molecular weight is 561 g/mol. The van der Waals surface area contributed by atoms with E-state index < -0.39 is 0 Å². The predicted octanol–water partition coefficient (Wildman–Crippen LogP) is 3.51. The summed E-state index contributed by atoms with van der Waals surface area (Å²) < 4.78 is 16.5. The van der Waals surface area contributed by atoms with Crippen LogP contribution < -0.4 is 20.1 Å². The molecule has 2 N–H and O–H groups in total. The number of ether oxygens (including phenoxy) is 3. The normalized spacial score (nSPS) is 15.6. The van der Waals surface area contributed by atoms with Crippen LogP contribution in [0.5, 0.6) is 11.5 Å².